The van der Waals surface area contributed by atoms with Gasteiger partial charge < -0.3 is 0 Å². The van der Waals surface area contributed by atoms with Gasteiger partial charge in [0.05, 0.1) is 0 Å². The lowest BCUT2D eigenvalue weighted by molar-refractivity contribution is 0.890. The number of rotatable bonds is 1. The van der Waals surface area contributed by atoms with Gasteiger partial charge >= 0.3 is 0 Å². The molecule has 0 N–H and O–H groups in total. The van der Waals surface area contributed by atoms with E-state index in [1.807, 2.05) is 25.2 Å². The molecule has 0 atom stereocenters. The monoisotopic (exact) mass is 220 g/mol. The van der Waals surface area contributed by atoms with Gasteiger partial charge in [-0.05, 0) is 30.4 Å². The largest absolute Gasteiger partial charge is 0.140 e. The van der Waals surface area contributed by atoms with Crippen molar-refractivity contribution in [3.8, 4) is 0 Å². The molecule has 0 bridgehead atoms. The van der Waals surface area contributed by atoms with Gasteiger partial charge in [-0.2, -0.15) is 0 Å². The Labute approximate surface area is 96.9 Å². The number of fused-ring (bicyclic) bond motifs is 1. The molecule has 15 heavy (non-hydrogen) atoms. The molecule has 1 heteroatoms. The Balaban J connectivity index is 0.000000531. The van der Waals surface area contributed by atoms with E-state index in [1.54, 1.807) is 0 Å². The highest BCUT2D eigenvalue weighted by atomic mass is 32.1. The summed E-state index contributed by atoms with van der Waals surface area (Å²) in [7, 11) is 0. The normalized spacial score (nSPS) is 10.3. The maximum absolute atomic E-state index is 2.32. The van der Waals surface area contributed by atoms with Gasteiger partial charge in [0.1, 0.15) is 0 Å². The number of hydrogen-bond donors (Lipinski definition) is 0. The first kappa shape index (κ1) is 12.3. The van der Waals surface area contributed by atoms with Crippen LogP contribution in [0.4, 0.5) is 0 Å². The molecule has 1 heterocycles. The van der Waals surface area contributed by atoms with Crippen molar-refractivity contribution in [2.45, 2.75) is 40.5 Å². The third-order valence-electron chi connectivity index (χ3n) is 2.26. The van der Waals surface area contributed by atoms with Gasteiger partial charge in [0.25, 0.3) is 0 Å². The quantitative estimate of drug-likeness (QED) is 0.607. The van der Waals surface area contributed by atoms with Gasteiger partial charge in [-0.15, -0.1) is 11.3 Å². The Morgan fingerprint density at radius 3 is 2.33 bits per heavy atom. The molecule has 0 aliphatic carbocycles. The van der Waals surface area contributed by atoms with E-state index in [-0.39, 0.29) is 0 Å². The van der Waals surface area contributed by atoms with E-state index in [4.69, 9.17) is 0 Å². The summed E-state index contributed by atoms with van der Waals surface area (Å²) >= 11 is 1.91. The molecule has 0 saturated heterocycles. The van der Waals surface area contributed by atoms with Crippen LogP contribution in [0.25, 0.3) is 10.1 Å². The molecule has 0 saturated carbocycles. The second-order valence-corrected chi connectivity index (χ2v) is 4.96. The average Bonchev–Trinajstić information content (AvgIpc) is 2.63. The van der Waals surface area contributed by atoms with Crippen molar-refractivity contribution in [3.63, 3.8) is 0 Å². The van der Waals surface area contributed by atoms with E-state index in [2.05, 4.69) is 45.0 Å². The summed E-state index contributed by atoms with van der Waals surface area (Å²) in [5.41, 5.74) is 1.35. The zero-order chi connectivity index (χ0) is 11.4. The maximum atomic E-state index is 2.32. The SMILES string of the molecule is CC.Cc1ccc2sc(C(C)C)cc2c1. The Kier molecular flexibility index (Phi) is 4.34. The fourth-order valence-corrected chi connectivity index (χ4v) is 2.52. The zero-order valence-electron chi connectivity index (χ0n) is 10.3. The van der Waals surface area contributed by atoms with Gasteiger partial charge in [0, 0.05) is 9.58 Å². The summed E-state index contributed by atoms with van der Waals surface area (Å²) in [6, 6.07) is 8.99. The second kappa shape index (κ2) is 5.32. The van der Waals surface area contributed by atoms with Crippen LogP contribution in [-0.4, -0.2) is 0 Å². The minimum Gasteiger partial charge on any atom is -0.140 e. The van der Waals surface area contributed by atoms with Crippen molar-refractivity contribution in [2.24, 2.45) is 0 Å². The lowest BCUT2D eigenvalue weighted by atomic mass is 10.1. The molecule has 0 aliphatic heterocycles. The second-order valence-electron chi connectivity index (χ2n) is 3.84. The molecule has 0 fully saturated rings. The molecule has 0 amide bonds. The van der Waals surface area contributed by atoms with Crippen LogP contribution in [0.15, 0.2) is 24.3 Å². The summed E-state index contributed by atoms with van der Waals surface area (Å²) in [5, 5.41) is 1.40. The summed E-state index contributed by atoms with van der Waals surface area (Å²) in [6.07, 6.45) is 0. The van der Waals surface area contributed by atoms with E-state index in [0.29, 0.717) is 5.92 Å². The van der Waals surface area contributed by atoms with Gasteiger partial charge in [-0.1, -0.05) is 45.4 Å². The summed E-state index contributed by atoms with van der Waals surface area (Å²) < 4.78 is 1.41. The third-order valence-corrected chi connectivity index (χ3v) is 3.68. The Hall–Kier alpha value is -0.820. The standard InChI is InChI=1S/C12H14S.C2H6/c1-8(2)12-7-10-6-9(3)4-5-11(10)13-12;1-2/h4-8H,1-3H3;1-2H3. The molecule has 2 aromatic rings. The number of benzene rings is 1. The van der Waals surface area contributed by atoms with Crippen molar-refractivity contribution >= 4 is 21.4 Å². The molecular formula is C14H20S. The van der Waals surface area contributed by atoms with E-state index >= 15 is 0 Å². The molecule has 82 valence electrons. The van der Waals surface area contributed by atoms with Crippen LogP contribution in [0.3, 0.4) is 0 Å². The van der Waals surface area contributed by atoms with E-state index in [1.165, 1.54) is 20.5 Å². The third kappa shape index (κ3) is 2.82. The Morgan fingerprint density at radius 1 is 1.07 bits per heavy atom. The van der Waals surface area contributed by atoms with Crippen molar-refractivity contribution in [1.82, 2.24) is 0 Å². The van der Waals surface area contributed by atoms with Crippen molar-refractivity contribution in [1.29, 1.82) is 0 Å². The Morgan fingerprint density at radius 2 is 1.73 bits per heavy atom. The predicted octanol–water partition coefficient (Wildman–Crippen LogP) is 5.36. The summed E-state index contributed by atoms with van der Waals surface area (Å²) in [6.45, 7) is 10.6. The molecule has 0 nitrogen and oxygen atoms in total. The lowest BCUT2D eigenvalue weighted by Gasteiger charge is -1.96. The maximum Gasteiger partial charge on any atom is 0.0345 e. The van der Waals surface area contributed by atoms with Gasteiger partial charge in [0.2, 0.25) is 0 Å². The van der Waals surface area contributed by atoms with Crippen LogP contribution in [-0.2, 0) is 0 Å². The number of thiophene rings is 1. The molecule has 0 spiro atoms. The van der Waals surface area contributed by atoms with Gasteiger partial charge in [-0.3, -0.25) is 0 Å². The molecule has 0 aliphatic rings. The lowest BCUT2D eigenvalue weighted by Crippen LogP contribution is -1.77. The molecule has 1 aromatic heterocycles. The van der Waals surface area contributed by atoms with Crippen molar-refractivity contribution in [2.75, 3.05) is 0 Å². The Bertz CT molecular complexity index is 424. The van der Waals surface area contributed by atoms with Crippen LogP contribution >= 0.6 is 11.3 Å². The van der Waals surface area contributed by atoms with E-state index in [9.17, 15) is 0 Å². The van der Waals surface area contributed by atoms with Gasteiger partial charge in [0.15, 0.2) is 0 Å². The average molecular weight is 220 g/mol. The van der Waals surface area contributed by atoms with Crippen molar-refractivity contribution in [3.05, 3.63) is 34.7 Å². The highest BCUT2D eigenvalue weighted by molar-refractivity contribution is 7.19. The molecule has 0 unspecified atom stereocenters. The number of hydrogen-bond acceptors (Lipinski definition) is 1. The first-order chi connectivity index (χ1) is 7.16. The topological polar surface area (TPSA) is 0 Å². The fourth-order valence-electron chi connectivity index (χ4n) is 1.47. The first-order valence-corrected chi connectivity index (χ1v) is 6.48. The smallest absolute Gasteiger partial charge is 0.0345 e. The molecule has 2 rings (SSSR count). The first-order valence-electron chi connectivity index (χ1n) is 5.67. The van der Waals surface area contributed by atoms with Crippen molar-refractivity contribution < 1.29 is 0 Å². The minimum absolute atomic E-state index is 0.651. The fraction of sp³-hybridized carbons (Fsp3) is 0.429. The summed E-state index contributed by atoms with van der Waals surface area (Å²) in [5.74, 6) is 0.651. The highest BCUT2D eigenvalue weighted by Gasteiger charge is 2.04. The highest BCUT2D eigenvalue weighted by Crippen LogP contribution is 2.30. The molecule has 0 radical (unpaired) electrons. The molecular weight excluding hydrogens is 200 g/mol. The van der Waals surface area contributed by atoms with Gasteiger partial charge in [-0.25, -0.2) is 0 Å². The van der Waals surface area contributed by atoms with E-state index < -0.39 is 0 Å². The van der Waals surface area contributed by atoms with Crippen LogP contribution in [0, 0.1) is 6.92 Å². The number of aryl methyl sites for hydroxylation is 1. The van der Waals surface area contributed by atoms with Crippen LogP contribution < -0.4 is 0 Å². The van der Waals surface area contributed by atoms with Crippen LogP contribution in [0.5, 0.6) is 0 Å². The molecule has 1 aromatic carbocycles. The zero-order valence-corrected chi connectivity index (χ0v) is 11.1. The van der Waals surface area contributed by atoms with E-state index in [0.717, 1.165) is 0 Å². The minimum atomic E-state index is 0.651. The summed E-state index contributed by atoms with van der Waals surface area (Å²) in [4.78, 5) is 1.49. The predicted molar refractivity (Wildman–Crippen MR) is 72.0 cm³/mol. The van der Waals surface area contributed by atoms with Crippen LogP contribution in [0.2, 0.25) is 0 Å². The van der Waals surface area contributed by atoms with Crippen LogP contribution in [0.1, 0.15) is 44.1 Å².